The number of para-hydroxylation sites is 3. The van der Waals surface area contributed by atoms with Crippen LogP contribution in [0.25, 0.3) is 21.8 Å². The van der Waals surface area contributed by atoms with E-state index in [1.807, 2.05) is 30.1 Å². The van der Waals surface area contributed by atoms with Gasteiger partial charge in [-0.05, 0) is 111 Å². The van der Waals surface area contributed by atoms with E-state index in [-0.39, 0.29) is 6.61 Å². The van der Waals surface area contributed by atoms with Crippen LogP contribution in [0.2, 0.25) is 5.02 Å². The van der Waals surface area contributed by atoms with Crippen molar-refractivity contribution in [3.8, 4) is 11.5 Å². The minimum atomic E-state index is 0.0899. The molecule has 5 fully saturated rings. The molecule has 0 bridgehead atoms. The Bertz CT molecular complexity index is 2730. The van der Waals surface area contributed by atoms with Gasteiger partial charge in [0.05, 0.1) is 55.8 Å². The lowest BCUT2D eigenvalue weighted by Gasteiger charge is -2.34. The van der Waals surface area contributed by atoms with Gasteiger partial charge in [0.1, 0.15) is 34.8 Å². The van der Waals surface area contributed by atoms with Crippen LogP contribution in [-0.4, -0.2) is 137 Å². The third-order valence-corrected chi connectivity index (χ3v) is 15.5. The average molecular weight is 969 g/mol. The van der Waals surface area contributed by atoms with Crippen molar-refractivity contribution in [3.63, 3.8) is 0 Å². The van der Waals surface area contributed by atoms with Gasteiger partial charge in [-0.3, -0.25) is 4.90 Å². The first kappa shape index (κ1) is 48.2. The number of aliphatic hydroxyl groups is 1. The molecule has 0 amide bonds. The van der Waals surface area contributed by atoms with E-state index in [4.69, 9.17) is 45.7 Å². The Balaban J connectivity index is 0.000000163. The van der Waals surface area contributed by atoms with E-state index in [2.05, 4.69) is 87.3 Å². The number of piperidine rings is 2. The molecule has 6 aromatic rings. The molecule has 2 aliphatic carbocycles. The van der Waals surface area contributed by atoms with Gasteiger partial charge < -0.3 is 38.9 Å². The molecule has 0 spiro atoms. The van der Waals surface area contributed by atoms with Gasteiger partial charge in [0.15, 0.2) is 0 Å². The monoisotopic (exact) mass is 968 g/mol. The van der Waals surface area contributed by atoms with Crippen molar-refractivity contribution < 1.29 is 19.3 Å². The molecule has 13 nitrogen and oxygen atoms in total. The van der Waals surface area contributed by atoms with Crippen LogP contribution in [0, 0.1) is 0 Å². The molecule has 11 rings (SSSR count). The Morgan fingerprint density at radius 3 is 1.69 bits per heavy atom. The fourth-order valence-electron chi connectivity index (χ4n) is 10.7. The van der Waals surface area contributed by atoms with Crippen molar-refractivity contribution in [2.75, 3.05) is 127 Å². The summed E-state index contributed by atoms with van der Waals surface area (Å²) in [6, 6.07) is 27.5. The van der Waals surface area contributed by atoms with Crippen LogP contribution in [0.4, 0.5) is 23.0 Å². The van der Waals surface area contributed by atoms with Crippen molar-refractivity contribution in [3.05, 3.63) is 107 Å². The quantitative estimate of drug-likeness (QED) is 0.105. The second-order valence-corrected chi connectivity index (χ2v) is 20.3. The molecule has 370 valence electrons. The summed E-state index contributed by atoms with van der Waals surface area (Å²) in [4.78, 5) is 32.1. The molecule has 4 aromatic carbocycles. The van der Waals surface area contributed by atoms with Gasteiger partial charge in [0.25, 0.3) is 0 Å². The number of rotatable bonds is 15. The predicted octanol–water partition coefficient (Wildman–Crippen LogP) is 9.65. The fourth-order valence-corrected chi connectivity index (χ4v) is 11.0. The topological polar surface area (TPSA) is 116 Å². The lowest BCUT2D eigenvalue weighted by Crippen LogP contribution is -2.40. The normalized spacial score (nSPS) is 18.2. The Kier molecular flexibility index (Phi) is 15.1. The molecule has 2 saturated carbocycles. The molecule has 0 radical (unpaired) electrons. The van der Waals surface area contributed by atoms with Crippen LogP contribution < -0.4 is 29.1 Å². The number of methoxy groups -OCH3 is 2. The molecule has 70 heavy (non-hydrogen) atoms. The highest BCUT2D eigenvalue weighted by atomic mass is 35.5. The maximum atomic E-state index is 9.38. The number of aromatic nitrogens is 4. The first-order valence-corrected chi connectivity index (χ1v) is 26.1. The van der Waals surface area contributed by atoms with E-state index in [1.54, 1.807) is 14.2 Å². The number of aliphatic hydroxyl groups excluding tert-OH is 1. The summed E-state index contributed by atoms with van der Waals surface area (Å²) in [5, 5.41) is 12.2. The summed E-state index contributed by atoms with van der Waals surface area (Å²) in [5.41, 5.74) is 6.74. The highest BCUT2D eigenvalue weighted by Gasteiger charge is 2.33. The van der Waals surface area contributed by atoms with Crippen molar-refractivity contribution in [2.45, 2.75) is 75.0 Å². The average Bonchev–Trinajstić information content (AvgIpc) is 4.36. The largest absolute Gasteiger partial charge is 0.496 e. The van der Waals surface area contributed by atoms with Gasteiger partial charge >= 0.3 is 0 Å². The maximum Gasteiger partial charge on any atom is 0.140 e. The standard InChI is InChI=1S/C30H39N5O2.C26H31ClN4O2/c1-33(16-17-34-18-20-37-21-19-34)26-8-5-7-25-28(26)31-29(23-10-11-23)32-30(25)35-14-12-22(13-15-35)24-6-3-4-9-27(24)36-2;1-30(13-14-32)19-15-21-24(22(27)16-19)28-25(18-7-8-18)29-26(21)31-11-9-17(10-12-31)20-5-3-4-6-23(20)33-2/h3-9,22-23H,10-21H2,1-2H3;3-6,15-18,32H,7-14H2,1-2H3. The highest BCUT2D eigenvalue weighted by molar-refractivity contribution is 6.35. The third kappa shape index (κ3) is 10.7. The Labute approximate surface area is 418 Å². The second-order valence-electron chi connectivity index (χ2n) is 19.9. The predicted molar refractivity (Wildman–Crippen MR) is 283 cm³/mol. The van der Waals surface area contributed by atoms with Crippen LogP contribution in [0.1, 0.15) is 97.8 Å². The molecule has 0 unspecified atom stereocenters. The lowest BCUT2D eigenvalue weighted by atomic mass is 9.88. The van der Waals surface area contributed by atoms with E-state index in [9.17, 15) is 5.11 Å². The van der Waals surface area contributed by atoms with Crippen LogP contribution in [0.5, 0.6) is 11.5 Å². The van der Waals surface area contributed by atoms with Gasteiger partial charge in [-0.2, -0.15) is 0 Å². The summed E-state index contributed by atoms with van der Waals surface area (Å²) in [6.07, 6.45) is 9.00. The molecule has 14 heteroatoms. The molecular formula is C56H70ClN9O4. The maximum absolute atomic E-state index is 9.38. The summed E-state index contributed by atoms with van der Waals surface area (Å²) in [6.45, 7) is 10.2. The van der Waals surface area contributed by atoms with Crippen molar-refractivity contribution in [2.24, 2.45) is 0 Å². The van der Waals surface area contributed by atoms with Gasteiger partial charge in [0.2, 0.25) is 0 Å². The summed E-state index contributed by atoms with van der Waals surface area (Å²) in [5.74, 6) is 8.00. The zero-order chi connectivity index (χ0) is 48.1. The third-order valence-electron chi connectivity index (χ3n) is 15.2. The van der Waals surface area contributed by atoms with Crippen LogP contribution in [-0.2, 0) is 4.74 Å². The highest BCUT2D eigenvalue weighted by Crippen LogP contribution is 2.45. The first-order valence-electron chi connectivity index (χ1n) is 25.7. The van der Waals surface area contributed by atoms with E-state index in [1.165, 1.54) is 35.0 Å². The molecule has 3 saturated heterocycles. The fraction of sp³-hybridized carbons (Fsp3) is 0.500. The SMILES string of the molecule is COc1ccccc1C1CCN(c2nc(C3CC3)nc3c(Cl)cc(N(C)CCO)cc23)CC1.COc1ccccc1C1CCN(c2nc(C3CC3)nc3c(N(C)CCN4CCOCC4)cccc23)CC1. The summed E-state index contributed by atoms with van der Waals surface area (Å²) >= 11 is 6.74. The van der Waals surface area contributed by atoms with E-state index in [0.29, 0.717) is 35.2 Å². The number of likely N-dealkylation sites (N-methyl/N-ethyl adjacent to an activating group) is 2. The number of ether oxygens (including phenoxy) is 3. The zero-order valence-corrected chi connectivity index (χ0v) is 42.3. The van der Waals surface area contributed by atoms with Crippen molar-refractivity contribution >= 4 is 56.4 Å². The molecule has 2 aromatic heterocycles. The summed E-state index contributed by atoms with van der Waals surface area (Å²) < 4.78 is 16.8. The molecule has 0 atom stereocenters. The molecular weight excluding hydrogens is 898 g/mol. The molecule has 5 aliphatic rings. The minimum absolute atomic E-state index is 0.0899. The van der Waals surface area contributed by atoms with Gasteiger partial charge in [-0.25, -0.2) is 19.9 Å². The number of hydrogen-bond acceptors (Lipinski definition) is 13. The van der Waals surface area contributed by atoms with E-state index in [0.717, 1.165) is 161 Å². The first-order chi connectivity index (χ1) is 34.3. The Hall–Kier alpha value is -5.47. The van der Waals surface area contributed by atoms with E-state index < -0.39 is 0 Å². The molecule has 5 heterocycles. The van der Waals surface area contributed by atoms with Gasteiger partial charge in [0, 0.05) is 101 Å². The minimum Gasteiger partial charge on any atom is -0.496 e. The smallest absolute Gasteiger partial charge is 0.140 e. The zero-order valence-electron chi connectivity index (χ0n) is 41.5. The number of morpholine rings is 1. The lowest BCUT2D eigenvalue weighted by molar-refractivity contribution is 0.0393. The summed E-state index contributed by atoms with van der Waals surface area (Å²) in [7, 11) is 7.68. The van der Waals surface area contributed by atoms with Crippen molar-refractivity contribution in [1.29, 1.82) is 0 Å². The number of anilines is 4. The van der Waals surface area contributed by atoms with Crippen molar-refractivity contribution in [1.82, 2.24) is 24.8 Å². The number of halogens is 1. The Morgan fingerprint density at radius 1 is 0.600 bits per heavy atom. The molecule has 1 N–H and O–H groups in total. The van der Waals surface area contributed by atoms with Crippen LogP contribution >= 0.6 is 11.6 Å². The second kappa shape index (κ2) is 21.9. The number of fused-ring (bicyclic) bond motifs is 2. The van der Waals surface area contributed by atoms with Gasteiger partial charge in [-0.1, -0.05) is 54.1 Å². The molecule has 3 aliphatic heterocycles. The Morgan fingerprint density at radius 2 is 1.14 bits per heavy atom. The number of nitrogens with zero attached hydrogens (tertiary/aromatic N) is 9. The van der Waals surface area contributed by atoms with Crippen LogP contribution in [0.3, 0.4) is 0 Å². The van der Waals surface area contributed by atoms with E-state index >= 15 is 0 Å². The van der Waals surface area contributed by atoms with Crippen LogP contribution in [0.15, 0.2) is 78.9 Å². The number of benzene rings is 4. The van der Waals surface area contributed by atoms with Gasteiger partial charge in [-0.15, -0.1) is 0 Å². The number of hydrogen-bond donors (Lipinski definition) is 1.